The molecule has 0 spiro atoms. The van der Waals surface area contributed by atoms with Crippen LogP contribution in [-0.4, -0.2) is 24.2 Å². The number of aromatic nitrogens is 1. The highest BCUT2D eigenvalue weighted by Gasteiger charge is 2.22. The minimum absolute atomic E-state index is 0.0972. The Hall–Kier alpha value is -2.13. The van der Waals surface area contributed by atoms with Crippen LogP contribution in [0.4, 0.5) is 14.6 Å². The van der Waals surface area contributed by atoms with E-state index in [0.717, 1.165) is 23.1 Å². The van der Waals surface area contributed by atoms with Gasteiger partial charge in [-0.05, 0) is 41.3 Å². The van der Waals surface area contributed by atoms with E-state index < -0.39 is 5.82 Å². The van der Waals surface area contributed by atoms with Gasteiger partial charge in [-0.25, -0.2) is 13.8 Å². The first-order valence-electron chi connectivity index (χ1n) is 8.72. The van der Waals surface area contributed by atoms with E-state index in [1.807, 2.05) is 11.5 Å². The minimum Gasteiger partial charge on any atom is -0.490 e. The maximum absolute atomic E-state index is 14.5. The second-order valence-electron chi connectivity index (χ2n) is 6.23. The van der Waals surface area contributed by atoms with Gasteiger partial charge in [-0.1, -0.05) is 29.8 Å². The van der Waals surface area contributed by atoms with E-state index in [9.17, 15) is 8.78 Å². The Kier molecular flexibility index (Phi) is 6.34. The molecule has 1 atom stereocenters. The Labute approximate surface area is 180 Å². The number of rotatable bonds is 7. The van der Waals surface area contributed by atoms with Crippen LogP contribution in [0.3, 0.4) is 0 Å². The van der Waals surface area contributed by atoms with Gasteiger partial charge in [0.1, 0.15) is 29.8 Å². The Morgan fingerprint density at radius 3 is 2.86 bits per heavy atom. The van der Waals surface area contributed by atoms with Crippen LogP contribution in [0, 0.1) is 11.6 Å². The molecule has 0 bridgehead atoms. The monoisotopic (exact) mass is 451 g/mol. The Bertz CT molecular complexity index is 1010. The quantitative estimate of drug-likeness (QED) is 0.456. The van der Waals surface area contributed by atoms with E-state index in [1.54, 1.807) is 17.6 Å². The van der Waals surface area contributed by atoms with Crippen LogP contribution < -0.4 is 14.8 Å². The van der Waals surface area contributed by atoms with Crippen molar-refractivity contribution < 1.29 is 13.5 Å². The van der Waals surface area contributed by atoms with Crippen molar-refractivity contribution in [2.24, 2.45) is 0 Å². The van der Waals surface area contributed by atoms with Crippen molar-refractivity contribution in [3.8, 4) is 5.75 Å². The van der Waals surface area contributed by atoms with E-state index in [0.29, 0.717) is 22.3 Å². The predicted molar refractivity (Wildman–Crippen MR) is 115 cm³/mol. The molecular formula is C20H16ClF2N3OS2. The molecular weight excluding hydrogens is 436 g/mol. The van der Waals surface area contributed by atoms with Crippen molar-refractivity contribution in [1.82, 2.24) is 10.3 Å². The van der Waals surface area contributed by atoms with Crippen LogP contribution in [-0.2, 0) is 0 Å². The molecule has 9 heteroatoms. The van der Waals surface area contributed by atoms with E-state index in [1.165, 1.54) is 35.6 Å². The normalized spacial score (nSPS) is 16.0. The lowest BCUT2D eigenvalue weighted by molar-refractivity contribution is 0.295. The van der Waals surface area contributed by atoms with Gasteiger partial charge in [-0.2, -0.15) is 0 Å². The zero-order chi connectivity index (χ0) is 20.2. The smallest absolute Gasteiger partial charge is 0.147 e. The van der Waals surface area contributed by atoms with Crippen LogP contribution in [0.15, 0.2) is 58.3 Å². The number of hydrogen-bond donors (Lipinski definition) is 2. The third kappa shape index (κ3) is 4.90. The van der Waals surface area contributed by atoms with Crippen LogP contribution >= 0.6 is 34.9 Å². The maximum atomic E-state index is 14.5. The summed E-state index contributed by atoms with van der Waals surface area (Å²) in [7, 11) is 0. The summed E-state index contributed by atoms with van der Waals surface area (Å²) in [6, 6.07) is 9.02. The number of ether oxygens (including phenoxy) is 1. The van der Waals surface area contributed by atoms with Crippen molar-refractivity contribution >= 4 is 46.3 Å². The van der Waals surface area contributed by atoms with Crippen LogP contribution in [0.25, 0.3) is 5.57 Å². The molecule has 3 aromatic rings. The second kappa shape index (κ2) is 9.13. The average Bonchev–Trinajstić information content (AvgIpc) is 3.40. The molecule has 0 saturated carbocycles. The number of halogens is 3. The van der Waals surface area contributed by atoms with E-state index in [4.69, 9.17) is 16.3 Å². The number of hydrogen-bond acceptors (Lipinski definition) is 6. The molecule has 2 aromatic carbocycles. The molecule has 1 aliphatic rings. The first kappa shape index (κ1) is 20.2. The van der Waals surface area contributed by atoms with Crippen LogP contribution in [0.2, 0.25) is 5.02 Å². The summed E-state index contributed by atoms with van der Waals surface area (Å²) in [4.78, 5) is 4.43. The summed E-state index contributed by atoms with van der Waals surface area (Å²) < 4.78 is 36.4. The number of benzene rings is 2. The van der Waals surface area contributed by atoms with Gasteiger partial charge in [0, 0.05) is 18.0 Å². The van der Waals surface area contributed by atoms with Gasteiger partial charge in [-0.15, -0.1) is 11.3 Å². The molecule has 150 valence electrons. The standard InChI is InChI=1S/C20H16ClF2N3OS2/c21-15-7-19(29-26-20-10-28-11-25-20)16(23)8-18(15)27-9-17-14(5-6-24-17)12-1-3-13(22)4-2-12/h1-5,7-8,10-11,17,24,26H,6,9H2. The lowest BCUT2D eigenvalue weighted by Crippen LogP contribution is -2.31. The van der Waals surface area contributed by atoms with E-state index >= 15 is 0 Å². The zero-order valence-electron chi connectivity index (χ0n) is 15.0. The third-order valence-corrected chi connectivity index (χ3v) is 6.05. The molecule has 29 heavy (non-hydrogen) atoms. The number of thiazole rings is 1. The Morgan fingerprint density at radius 1 is 1.28 bits per heavy atom. The van der Waals surface area contributed by atoms with Gasteiger partial charge in [0.2, 0.25) is 0 Å². The second-order valence-corrected chi connectivity index (χ2v) is 8.20. The molecule has 2 heterocycles. The summed E-state index contributed by atoms with van der Waals surface area (Å²) in [5, 5.41) is 5.45. The lowest BCUT2D eigenvalue weighted by atomic mass is 10.0. The van der Waals surface area contributed by atoms with E-state index in [2.05, 4.69) is 15.0 Å². The zero-order valence-corrected chi connectivity index (χ0v) is 17.4. The highest BCUT2D eigenvalue weighted by Crippen LogP contribution is 2.34. The molecule has 1 unspecified atom stereocenters. The Morgan fingerprint density at radius 2 is 2.10 bits per heavy atom. The highest BCUT2D eigenvalue weighted by atomic mass is 35.5. The molecule has 0 amide bonds. The highest BCUT2D eigenvalue weighted by molar-refractivity contribution is 8.00. The molecule has 0 fully saturated rings. The number of nitrogens with one attached hydrogen (secondary N) is 2. The third-order valence-electron chi connectivity index (χ3n) is 4.33. The van der Waals surface area contributed by atoms with Crippen LogP contribution in [0.5, 0.6) is 5.75 Å². The molecule has 0 aliphatic carbocycles. The molecule has 1 aromatic heterocycles. The molecule has 1 aliphatic heterocycles. The van der Waals surface area contributed by atoms with Gasteiger partial charge < -0.3 is 14.8 Å². The molecule has 4 nitrogen and oxygen atoms in total. The molecule has 0 radical (unpaired) electrons. The van der Waals surface area contributed by atoms with Crippen molar-refractivity contribution in [3.05, 3.63) is 75.6 Å². The first-order valence-corrected chi connectivity index (χ1v) is 10.9. The first-order chi connectivity index (χ1) is 14.1. The summed E-state index contributed by atoms with van der Waals surface area (Å²) in [5.41, 5.74) is 3.62. The Balaban J connectivity index is 1.41. The summed E-state index contributed by atoms with van der Waals surface area (Å²) in [6.07, 6.45) is 2.04. The number of anilines is 1. The summed E-state index contributed by atoms with van der Waals surface area (Å²) in [6.45, 7) is 0.951. The predicted octanol–water partition coefficient (Wildman–Crippen LogP) is 5.63. The lowest BCUT2D eigenvalue weighted by Gasteiger charge is -2.18. The summed E-state index contributed by atoms with van der Waals surface area (Å²) in [5.74, 6) is 0.209. The SMILES string of the molecule is Fc1ccc(C2=CCNC2COc2cc(F)c(SNc3cscn3)cc2Cl)cc1. The van der Waals surface area contributed by atoms with Crippen molar-refractivity contribution in [1.29, 1.82) is 0 Å². The van der Waals surface area contributed by atoms with Gasteiger partial charge in [0.15, 0.2) is 0 Å². The topological polar surface area (TPSA) is 46.2 Å². The van der Waals surface area contributed by atoms with Crippen molar-refractivity contribution in [2.75, 3.05) is 17.9 Å². The van der Waals surface area contributed by atoms with Gasteiger partial charge in [0.25, 0.3) is 0 Å². The largest absolute Gasteiger partial charge is 0.490 e. The molecule has 4 rings (SSSR count). The fraction of sp³-hybridized carbons (Fsp3) is 0.150. The average molecular weight is 452 g/mol. The van der Waals surface area contributed by atoms with Gasteiger partial charge in [0.05, 0.1) is 21.5 Å². The number of nitrogens with zero attached hydrogens (tertiary/aromatic N) is 1. The fourth-order valence-corrected chi connectivity index (χ4v) is 4.42. The van der Waals surface area contributed by atoms with Gasteiger partial charge >= 0.3 is 0 Å². The summed E-state index contributed by atoms with van der Waals surface area (Å²) >= 11 is 8.84. The fourth-order valence-electron chi connectivity index (χ4n) is 2.92. The van der Waals surface area contributed by atoms with Crippen molar-refractivity contribution in [2.45, 2.75) is 10.9 Å². The van der Waals surface area contributed by atoms with Gasteiger partial charge in [-0.3, -0.25) is 0 Å². The minimum atomic E-state index is -0.439. The van der Waals surface area contributed by atoms with E-state index in [-0.39, 0.29) is 24.2 Å². The maximum Gasteiger partial charge on any atom is 0.147 e. The van der Waals surface area contributed by atoms with Crippen molar-refractivity contribution in [3.63, 3.8) is 0 Å². The van der Waals surface area contributed by atoms with Crippen LogP contribution in [0.1, 0.15) is 5.56 Å². The molecule has 0 saturated heterocycles. The molecule has 2 N–H and O–H groups in total.